The van der Waals surface area contributed by atoms with Crippen LogP contribution in [0.1, 0.15) is 37.3 Å². The van der Waals surface area contributed by atoms with Gasteiger partial charge in [-0.15, -0.1) is 0 Å². The van der Waals surface area contributed by atoms with Crippen molar-refractivity contribution in [3.8, 4) is 0 Å². The van der Waals surface area contributed by atoms with Gasteiger partial charge in [-0.2, -0.15) is 5.10 Å². The molecule has 2 aliphatic rings. The number of aromatic nitrogens is 2. The van der Waals surface area contributed by atoms with Crippen molar-refractivity contribution in [3.63, 3.8) is 0 Å². The number of nitrogens with two attached hydrogens (primary N) is 1. The molecule has 0 radical (unpaired) electrons. The molecule has 1 aromatic rings. The first kappa shape index (κ1) is 11.7. The average molecular weight is 248 g/mol. The van der Waals surface area contributed by atoms with Crippen LogP contribution in [0.25, 0.3) is 0 Å². The van der Waals surface area contributed by atoms with Gasteiger partial charge in [0.2, 0.25) is 5.91 Å². The first-order chi connectivity index (χ1) is 8.63. The van der Waals surface area contributed by atoms with Gasteiger partial charge in [-0.05, 0) is 38.2 Å². The van der Waals surface area contributed by atoms with E-state index in [2.05, 4.69) is 27.8 Å². The van der Waals surface area contributed by atoms with Crippen LogP contribution >= 0.6 is 0 Å². The predicted octanol–water partition coefficient (Wildman–Crippen LogP) is 0.845. The maximum Gasteiger partial charge on any atom is 0.231 e. The number of hydrogen-bond donors (Lipinski definition) is 1. The molecular formula is C13H20N4O. The number of carbonyl (C=O) groups is 1. The molecule has 18 heavy (non-hydrogen) atoms. The zero-order valence-electron chi connectivity index (χ0n) is 10.7. The Balaban J connectivity index is 1.73. The Morgan fingerprint density at radius 1 is 1.39 bits per heavy atom. The summed E-state index contributed by atoms with van der Waals surface area (Å²) in [6.45, 7) is 2.49. The quantitative estimate of drug-likeness (QED) is 0.862. The number of nitrogens with zero attached hydrogens (tertiary/aromatic N) is 3. The molecule has 2 atom stereocenters. The Labute approximate surface area is 107 Å². The highest BCUT2D eigenvalue weighted by Crippen LogP contribution is 2.40. The van der Waals surface area contributed by atoms with E-state index in [1.165, 1.54) is 18.4 Å². The largest absolute Gasteiger partial charge is 0.369 e. The molecule has 2 saturated heterocycles. The Morgan fingerprint density at radius 2 is 2.06 bits per heavy atom. The molecule has 2 fully saturated rings. The number of fused-ring (bicyclic) bond motifs is 2. The molecule has 2 aliphatic heterocycles. The number of hydrogen-bond acceptors (Lipinski definition) is 3. The molecule has 2 unspecified atom stereocenters. The van der Waals surface area contributed by atoms with Crippen molar-refractivity contribution in [2.45, 2.75) is 50.7 Å². The van der Waals surface area contributed by atoms with Gasteiger partial charge >= 0.3 is 0 Å². The number of primary amides is 1. The Morgan fingerprint density at radius 3 is 2.56 bits per heavy atom. The van der Waals surface area contributed by atoms with Crippen molar-refractivity contribution in [1.29, 1.82) is 0 Å². The summed E-state index contributed by atoms with van der Waals surface area (Å²) in [7, 11) is 0. The highest BCUT2D eigenvalue weighted by molar-refractivity contribution is 5.76. The highest BCUT2D eigenvalue weighted by atomic mass is 16.1. The number of aryl methyl sites for hydroxylation is 1. The zero-order chi connectivity index (χ0) is 12.7. The van der Waals surface area contributed by atoms with Crippen LogP contribution in [0.15, 0.2) is 12.4 Å². The topological polar surface area (TPSA) is 64.2 Å². The molecule has 1 amide bonds. The molecule has 5 nitrogen and oxygen atoms in total. The van der Waals surface area contributed by atoms with E-state index in [-0.39, 0.29) is 5.91 Å². The van der Waals surface area contributed by atoms with E-state index < -0.39 is 0 Å². The van der Waals surface area contributed by atoms with Gasteiger partial charge in [0.15, 0.2) is 0 Å². The third-order valence-electron chi connectivity index (χ3n) is 4.30. The minimum atomic E-state index is -0.208. The summed E-state index contributed by atoms with van der Waals surface area (Å²) < 4.78 is 2.10. The van der Waals surface area contributed by atoms with Gasteiger partial charge in [0.05, 0.1) is 18.8 Å². The minimum Gasteiger partial charge on any atom is -0.369 e. The van der Waals surface area contributed by atoms with Gasteiger partial charge in [-0.3, -0.25) is 14.4 Å². The number of rotatable bonds is 3. The normalized spacial score (nSPS) is 31.7. The van der Waals surface area contributed by atoms with Gasteiger partial charge < -0.3 is 5.73 Å². The van der Waals surface area contributed by atoms with Crippen molar-refractivity contribution < 1.29 is 4.79 Å². The molecule has 3 rings (SSSR count). The second-order valence-corrected chi connectivity index (χ2v) is 5.65. The van der Waals surface area contributed by atoms with Crippen LogP contribution in [0.2, 0.25) is 0 Å². The first-order valence-electron chi connectivity index (χ1n) is 6.68. The lowest BCUT2D eigenvalue weighted by molar-refractivity contribution is -0.120. The van der Waals surface area contributed by atoms with Gasteiger partial charge in [0.25, 0.3) is 0 Å². The van der Waals surface area contributed by atoms with E-state index in [0.717, 1.165) is 12.8 Å². The molecule has 1 aromatic heterocycles. The first-order valence-corrected chi connectivity index (χ1v) is 6.68. The van der Waals surface area contributed by atoms with Crippen LogP contribution in [0.4, 0.5) is 0 Å². The summed E-state index contributed by atoms with van der Waals surface area (Å²) in [5.74, 6) is -0.208. The molecule has 5 heteroatoms. The smallest absolute Gasteiger partial charge is 0.231 e. The Bertz CT molecular complexity index is 442. The fraction of sp³-hybridized carbons (Fsp3) is 0.692. The summed E-state index contributed by atoms with van der Waals surface area (Å²) in [6, 6.07) is 1.50. The van der Waals surface area contributed by atoms with Gasteiger partial charge in [0.1, 0.15) is 0 Å². The summed E-state index contributed by atoms with van der Waals surface area (Å²) in [5.41, 5.74) is 6.54. The van der Waals surface area contributed by atoms with Gasteiger partial charge in [0, 0.05) is 18.3 Å². The lowest BCUT2D eigenvalue weighted by Crippen LogP contribution is -2.47. The monoisotopic (exact) mass is 248 g/mol. The van der Waals surface area contributed by atoms with E-state index in [1.807, 2.05) is 6.20 Å². The van der Waals surface area contributed by atoms with Crippen molar-refractivity contribution in [3.05, 3.63) is 18.0 Å². The second kappa shape index (κ2) is 4.39. The van der Waals surface area contributed by atoms with E-state index in [1.54, 1.807) is 0 Å². The third-order valence-corrected chi connectivity index (χ3v) is 4.30. The molecule has 98 valence electrons. The number of carbonyl (C=O) groups excluding carboxylic acids is 1. The summed E-state index contributed by atoms with van der Waals surface area (Å²) >= 11 is 0. The fourth-order valence-electron chi connectivity index (χ4n) is 3.53. The van der Waals surface area contributed by atoms with Crippen LogP contribution in [0.3, 0.4) is 0 Å². The number of amides is 1. The van der Waals surface area contributed by atoms with E-state index in [9.17, 15) is 4.79 Å². The highest BCUT2D eigenvalue weighted by Gasteiger charge is 2.41. The molecule has 0 aromatic carbocycles. The molecule has 3 heterocycles. The zero-order valence-corrected chi connectivity index (χ0v) is 10.7. The molecule has 0 spiro atoms. The SMILES string of the molecule is Cc1cnn(C2CC3CCC(C2)N3CC(N)=O)c1. The minimum absolute atomic E-state index is 0.208. The third kappa shape index (κ3) is 2.03. The lowest BCUT2D eigenvalue weighted by Gasteiger charge is -2.38. The van der Waals surface area contributed by atoms with Crippen molar-refractivity contribution >= 4 is 5.91 Å². The summed E-state index contributed by atoms with van der Waals surface area (Å²) in [5, 5.41) is 4.43. The van der Waals surface area contributed by atoms with Gasteiger partial charge in [-0.25, -0.2) is 0 Å². The van der Waals surface area contributed by atoms with Crippen molar-refractivity contribution in [2.75, 3.05) is 6.54 Å². The van der Waals surface area contributed by atoms with Crippen molar-refractivity contribution in [1.82, 2.24) is 14.7 Å². The Hall–Kier alpha value is -1.36. The van der Waals surface area contributed by atoms with Crippen LogP contribution in [0.5, 0.6) is 0 Å². The van der Waals surface area contributed by atoms with Crippen LogP contribution < -0.4 is 5.73 Å². The summed E-state index contributed by atoms with van der Waals surface area (Å²) in [6.07, 6.45) is 8.59. The van der Waals surface area contributed by atoms with E-state index >= 15 is 0 Å². The van der Waals surface area contributed by atoms with Crippen LogP contribution in [-0.2, 0) is 4.79 Å². The molecular weight excluding hydrogens is 228 g/mol. The van der Waals surface area contributed by atoms with E-state index in [4.69, 9.17) is 5.73 Å². The second-order valence-electron chi connectivity index (χ2n) is 5.65. The maximum atomic E-state index is 11.1. The predicted molar refractivity (Wildman–Crippen MR) is 67.9 cm³/mol. The van der Waals surface area contributed by atoms with E-state index in [0.29, 0.717) is 24.7 Å². The molecule has 2 bridgehead atoms. The average Bonchev–Trinajstić information content (AvgIpc) is 2.81. The fourth-order valence-corrected chi connectivity index (χ4v) is 3.53. The lowest BCUT2D eigenvalue weighted by atomic mass is 9.97. The van der Waals surface area contributed by atoms with Crippen LogP contribution in [0, 0.1) is 6.92 Å². The van der Waals surface area contributed by atoms with Gasteiger partial charge in [-0.1, -0.05) is 0 Å². The number of piperidine rings is 1. The maximum absolute atomic E-state index is 11.1. The molecule has 2 N–H and O–H groups in total. The summed E-state index contributed by atoms with van der Waals surface area (Å²) in [4.78, 5) is 13.4. The van der Waals surface area contributed by atoms with Crippen molar-refractivity contribution in [2.24, 2.45) is 5.73 Å². The standard InChI is InChI=1S/C13H20N4O/c1-9-6-15-17(7-9)12-4-10-2-3-11(5-12)16(10)8-13(14)18/h6-7,10-12H,2-5,8H2,1H3,(H2,14,18). The molecule has 0 saturated carbocycles. The van der Waals surface area contributed by atoms with Crippen LogP contribution in [-0.4, -0.2) is 39.2 Å². The molecule has 0 aliphatic carbocycles. The Kier molecular flexibility index (Phi) is 2.86.